The molecule has 0 spiro atoms. The first-order valence-corrected chi connectivity index (χ1v) is 6.61. The van der Waals surface area contributed by atoms with Gasteiger partial charge in [-0.2, -0.15) is 0 Å². The molecule has 92 valence electrons. The molecular formula is C16H28. The number of aryl methyl sites for hydroxylation is 2. The van der Waals surface area contributed by atoms with Gasteiger partial charge >= 0.3 is 0 Å². The van der Waals surface area contributed by atoms with E-state index in [1.807, 2.05) is 0 Å². The smallest absolute Gasteiger partial charge is 0 e. The highest BCUT2D eigenvalue weighted by Gasteiger charge is 2.13. The van der Waals surface area contributed by atoms with E-state index in [-0.39, 0.29) is 1.43 Å². The van der Waals surface area contributed by atoms with E-state index in [2.05, 4.69) is 52.0 Å². The van der Waals surface area contributed by atoms with Crippen LogP contribution >= 0.6 is 0 Å². The molecule has 0 radical (unpaired) electrons. The van der Waals surface area contributed by atoms with E-state index in [1.165, 1.54) is 36.8 Å². The monoisotopic (exact) mass is 220 g/mol. The fourth-order valence-corrected chi connectivity index (χ4v) is 2.06. The van der Waals surface area contributed by atoms with E-state index in [1.54, 1.807) is 0 Å². The van der Waals surface area contributed by atoms with Gasteiger partial charge in [0, 0.05) is 1.43 Å². The average Bonchev–Trinajstić information content (AvgIpc) is 2.28. The second-order valence-corrected chi connectivity index (χ2v) is 5.52. The summed E-state index contributed by atoms with van der Waals surface area (Å²) >= 11 is 0. The van der Waals surface area contributed by atoms with Crippen LogP contribution in [0, 0.1) is 25.7 Å². The van der Waals surface area contributed by atoms with Crippen LogP contribution in [-0.4, -0.2) is 0 Å². The molecule has 2 rings (SSSR count). The van der Waals surface area contributed by atoms with Crippen LogP contribution in [0.5, 0.6) is 0 Å². The lowest BCUT2D eigenvalue weighted by molar-refractivity contribution is 0.308. The van der Waals surface area contributed by atoms with Crippen LogP contribution in [0.2, 0.25) is 0 Å². The number of hydrogen-bond acceptors (Lipinski definition) is 0. The minimum atomic E-state index is 0. The largest absolute Gasteiger partial charge is 0.0625 e. The van der Waals surface area contributed by atoms with Crippen molar-refractivity contribution in [2.24, 2.45) is 11.8 Å². The van der Waals surface area contributed by atoms with Crippen LogP contribution in [0.4, 0.5) is 0 Å². The third kappa shape index (κ3) is 5.34. The SMILES string of the molecule is CC1CCC(C)CC1.Cc1ccc(C)cc1.[HH]. The van der Waals surface area contributed by atoms with Gasteiger partial charge < -0.3 is 0 Å². The summed E-state index contributed by atoms with van der Waals surface area (Å²) in [6.45, 7) is 8.93. The molecule has 0 N–H and O–H groups in total. The molecule has 1 aliphatic rings. The van der Waals surface area contributed by atoms with E-state index in [9.17, 15) is 0 Å². The van der Waals surface area contributed by atoms with Crippen LogP contribution in [-0.2, 0) is 0 Å². The molecule has 0 saturated heterocycles. The molecular weight excluding hydrogens is 192 g/mol. The van der Waals surface area contributed by atoms with Crippen molar-refractivity contribution in [3.8, 4) is 0 Å². The molecule has 0 nitrogen and oxygen atoms in total. The minimum absolute atomic E-state index is 0. The zero-order chi connectivity index (χ0) is 12.0. The Morgan fingerprint density at radius 1 is 0.750 bits per heavy atom. The van der Waals surface area contributed by atoms with Crippen molar-refractivity contribution in [1.29, 1.82) is 0 Å². The molecule has 1 aromatic carbocycles. The average molecular weight is 220 g/mol. The quantitative estimate of drug-likeness (QED) is 0.550. The fourth-order valence-electron chi connectivity index (χ4n) is 2.06. The van der Waals surface area contributed by atoms with Crippen molar-refractivity contribution >= 4 is 0 Å². The Morgan fingerprint density at radius 2 is 1.00 bits per heavy atom. The van der Waals surface area contributed by atoms with E-state index in [0.717, 1.165) is 11.8 Å². The molecule has 0 heteroatoms. The van der Waals surface area contributed by atoms with Gasteiger partial charge in [0.15, 0.2) is 0 Å². The normalized spacial score (nSPS) is 24.5. The van der Waals surface area contributed by atoms with Crippen molar-refractivity contribution in [1.82, 2.24) is 0 Å². The molecule has 1 saturated carbocycles. The molecule has 16 heavy (non-hydrogen) atoms. The predicted molar refractivity (Wildman–Crippen MR) is 74.8 cm³/mol. The van der Waals surface area contributed by atoms with Gasteiger partial charge in [-0.15, -0.1) is 0 Å². The number of hydrogen-bond donors (Lipinski definition) is 0. The summed E-state index contributed by atoms with van der Waals surface area (Å²) in [7, 11) is 0. The van der Waals surface area contributed by atoms with Crippen LogP contribution in [0.25, 0.3) is 0 Å². The van der Waals surface area contributed by atoms with Crippen molar-refractivity contribution < 1.29 is 1.43 Å². The van der Waals surface area contributed by atoms with Crippen molar-refractivity contribution in [2.75, 3.05) is 0 Å². The summed E-state index contributed by atoms with van der Waals surface area (Å²) < 4.78 is 0. The van der Waals surface area contributed by atoms with E-state index in [0.29, 0.717) is 0 Å². The molecule has 1 fully saturated rings. The highest BCUT2D eigenvalue weighted by molar-refractivity contribution is 5.19. The van der Waals surface area contributed by atoms with Crippen LogP contribution < -0.4 is 0 Å². The summed E-state index contributed by atoms with van der Waals surface area (Å²) in [5.74, 6) is 2.04. The Labute approximate surface area is 103 Å². The lowest BCUT2D eigenvalue weighted by Crippen LogP contribution is -2.08. The summed E-state index contributed by atoms with van der Waals surface area (Å²) in [5, 5.41) is 0. The first-order chi connectivity index (χ1) is 7.58. The lowest BCUT2D eigenvalue weighted by atomic mass is 9.84. The topological polar surface area (TPSA) is 0 Å². The van der Waals surface area contributed by atoms with Gasteiger partial charge in [0.1, 0.15) is 0 Å². The molecule has 0 atom stereocenters. The van der Waals surface area contributed by atoms with Gasteiger partial charge in [-0.1, -0.05) is 74.9 Å². The Hall–Kier alpha value is -0.780. The van der Waals surface area contributed by atoms with Gasteiger partial charge in [0.05, 0.1) is 0 Å². The highest BCUT2D eigenvalue weighted by Crippen LogP contribution is 2.27. The summed E-state index contributed by atoms with van der Waals surface area (Å²) in [6, 6.07) is 8.48. The molecule has 0 aromatic heterocycles. The van der Waals surface area contributed by atoms with E-state index >= 15 is 0 Å². The molecule has 0 amide bonds. The van der Waals surface area contributed by atoms with Gasteiger partial charge in [0.2, 0.25) is 0 Å². The summed E-state index contributed by atoms with van der Waals surface area (Å²) in [4.78, 5) is 0. The molecule has 0 unspecified atom stereocenters. The van der Waals surface area contributed by atoms with Crippen molar-refractivity contribution in [3.63, 3.8) is 0 Å². The Bertz CT molecular complexity index is 250. The fraction of sp³-hybridized carbons (Fsp3) is 0.625. The zero-order valence-corrected chi connectivity index (χ0v) is 11.3. The second kappa shape index (κ2) is 6.73. The first-order valence-electron chi connectivity index (χ1n) is 6.61. The maximum Gasteiger partial charge on any atom is 0 e. The van der Waals surface area contributed by atoms with E-state index < -0.39 is 0 Å². The summed E-state index contributed by atoms with van der Waals surface area (Å²) in [5.41, 5.74) is 2.66. The predicted octanol–water partition coefficient (Wildman–Crippen LogP) is 5.38. The minimum Gasteiger partial charge on any atom is -0.0625 e. The maximum absolute atomic E-state index is 2.37. The molecule has 0 aliphatic heterocycles. The molecule has 0 heterocycles. The van der Waals surface area contributed by atoms with Crippen LogP contribution in [0.1, 0.15) is 52.1 Å². The third-order valence-corrected chi connectivity index (χ3v) is 3.52. The summed E-state index contributed by atoms with van der Waals surface area (Å²) in [6.07, 6.45) is 5.89. The molecule has 0 bridgehead atoms. The van der Waals surface area contributed by atoms with Gasteiger partial charge in [-0.3, -0.25) is 0 Å². The number of rotatable bonds is 0. The van der Waals surface area contributed by atoms with E-state index in [4.69, 9.17) is 0 Å². The first kappa shape index (κ1) is 13.3. The van der Waals surface area contributed by atoms with Crippen molar-refractivity contribution in [3.05, 3.63) is 35.4 Å². The third-order valence-electron chi connectivity index (χ3n) is 3.52. The Morgan fingerprint density at radius 3 is 1.25 bits per heavy atom. The van der Waals surface area contributed by atoms with Gasteiger partial charge in [-0.05, 0) is 25.7 Å². The zero-order valence-electron chi connectivity index (χ0n) is 11.3. The molecule has 1 aromatic rings. The Balaban J connectivity index is 0.000000284. The Kier molecular flexibility index (Phi) is 5.59. The second-order valence-electron chi connectivity index (χ2n) is 5.52. The van der Waals surface area contributed by atoms with Crippen LogP contribution in [0.3, 0.4) is 0 Å². The highest BCUT2D eigenvalue weighted by atomic mass is 14.2. The van der Waals surface area contributed by atoms with Crippen LogP contribution in [0.15, 0.2) is 24.3 Å². The van der Waals surface area contributed by atoms with Crippen molar-refractivity contribution in [2.45, 2.75) is 53.4 Å². The molecule has 1 aliphatic carbocycles. The van der Waals surface area contributed by atoms with Gasteiger partial charge in [0.25, 0.3) is 0 Å². The number of benzene rings is 1. The standard InChI is InChI=1S/C8H16.C8H10.H2/c2*1-7-3-5-8(2)6-4-7;/h7-8H,3-6H2,1-2H3;3-6H,1-2H3;1H. The lowest BCUT2D eigenvalue weighted by Gasteiger charge is -2.22. The maximum atomic E-state index is 2.37. The van der Waals surface area contributed by atoms with Gasteiger partial charge in [-0.25, -0.2) is 0 Å².